The van der Waals surface area contributed by atoms with Crippen molar-refractivity contribution in [3.63, 3.8) is 0 Å². The van der Waals surface area contributed by atoms with Gasteiger partial charge in [0.2, 0.25) is 11.9 Å². The van der Waals surface area contributed by atoms with E-state index in [4.69, 9.17) is 27.9 Å². The number of piperidine rings is 1. The number of imidazole rings is 1. The van der Waals surface area contributed by atoms with Gasteiger partial charge >= 0.3 is 0 Å². The molecule has 2 saturated heterocycles. The van der Waals surface area contributed by atoms with Crippen LogP contribution < -0.4 is 10.2 Å². The molecular weight excluding hydrogens is 363 g/mol. The van der Waals surface area contributed by atoms with E-state index >= 15 is 0 Å². The zero-order chi connectivity index (χ0) is 17.4. The van der Waals surface area contributed by atoms with Crippen LogP contribution in [0.1, 0.15) is 19.3 Å². The Hall–Kier alpha value is -1.34. The number of aromatic nitrogens is 2. The van der Waals surface area contributed by atoms with E-state index in [1.807, 2.05) is 0 Å². The maximum atomic E-state index is 13.2. The van der Waals surface area contributed by atoms with Gasteiger partial charge in [-0.05, 0) is 44.5 Å². The molecule has 2 fully saturated rings. The minimum Gasteiger partial charge on any atom is -0.379 e. The fourth-order valence-electron chi connectivity index (χ4n) is 3.55. The molecule has 25 heavy (non-hydrogen) atoms. The smallest absolute Gasteiger partial charge is 0.232 e. The maximum Gasteiger partial charge on any atom is 0.232 e. The summed E-state index contributed by atoms with van der Waals surface area (Å²) in [5, 5.41) is 4.22. The highest BCUT2D eigenvalue weighted by Gasteiger charge is 2.35. The monoisotopic (exact) mass is 382 g/mol. The lowest BCUT2D eigenvalue weighted by Gasteiger charge is -2.31. The summed E-state index contributed by atoms with van der Waals surface area (Å²) >= 11 is 12.2. The van der Waals surface area contributed by atoms with Crippen molar-refractivity contribution in [1.29, 1.82) is 0 Å². The topological polar surface area (TPSA) is 70.2 Å². The number of nitrogens with one attached hydrogen (secondary N) is 2. The van der Waals surface area contributed by atoms with Crippen LogP contribution in [0.15, 0.2) is 12.1 Å². The largest absolute Gasteiger partial charge is 0.379 e. The Balaban J connectivity index is 1.71. The summed E-state index contributed by atoms with van der Waals surface area (Å²) in [6.45, 7) is 2.95. The minimum atomic E-state index is 0.00823. The fraction of sp³-hybridized carbons (Fsp3) is 0.529. The number of anilines is 1. The van der Waals surface area contributed by atoms with Gasteiger partial charge in [-0.25, -0.2) is 4.98 Å². The summed E-state index contributed by atoms with van der Waals surface area (Å²) in [7, 11) is 0. The highest BCUT2D eigenvalue weighted by atomic mass is 35.5. The zero-order valence-electron chi connectivity index (χ0n) is 13.7. The highest BCUT2D eigenvalue weighted by Crippen LogP contribution is 2.30. The average Bonchev–Trinajstić information content (AvgIpc) is 3.27. The number of fused-ring (bicyclic) bond motifs is 1. The van der Waals surface area contributed by atoms with Gasteiger partial charge in [-0.15, -0.1) is 0 Å². The first kappa shape index (κ1) is 17.1. The van der Waals surface area contributed by atoms with Gasteiger partial charge in [-0.3, -0.25) is 9.69 Å². The molecule has 0 aliphatic carbocycles. The molecule has 2 N–H and O–H groups in total. The van der Waals surface area contributed by atoms with E-state index in [1.165, 1.54) is 0 Å². The van der Waals surface area contributed by atoms with Gasteiger partial charge in [-0.2, -0.15) is 0 Å². The summed E-state index contributed by atoms with van der Waals surface area (Å²) < 4.78 is 5.52. The Labute approximate surface area is 155 Å². The molecule has 8 heteroatoms. The fourth-order valence-corrected chi connectivity index (χ4v) is 3.88. The maximum absolute atomic E-state index is 13.2. The summed E-state index contributed by atoms with van der Waals surface area (Å²) in [6, 6.07) is 3.47. The summed E-state index contributed by atoms with van der Waals surface area (Å²) in [5.41, 5.74) is 1.47. The van der Waals surface area contributed by atoms with Crippen molar-refractivity contribution >= 4 is 46.1 Å². The molecule has 0 bridgehead atoms. The molecule has 1 amide bonds. The first-order valence-electron chi connectivity index (χ1n) is 8.60. The van der Waals surface area contributed by atoms with E-state index in [2.05, 4.69) is 15.3 Å². The van der Waals surface area contributed by atoms with Crippen LogP contribution in [0.4, 0.5) is 5.95 Å². The van der Waals surface area contributed by atoms with Crippen molar-refractivity contribution in [3.8, 4) is 0 Å². The van der Waals surface area contributed by atoms with E-state index in [9.17, 15) is 4.79 Å². The van der Waals surface area contributed by atoms with Gasteiger partial charge in [0, 0.05) is 12.5 Å². The van der Waals surface area contributed by atoms with Gasteiger partial charge in [0.15, 0.2) is 0 Å². The standard InChI is InChI=1S/C17H20Cl2N4O2/c18-12-7-14-15(8-13(12)19)22-17(21-14)23(11-3-6-25-9-11)16(24)10-1-4-20-5-2-10/h7-8,10-11,20H,1-6,9H2,(H,21,22)/t11-/m1/s1. The van der Waals surface area contributed by atoms with E-state index in [0.717, 1.165) is 37.9 Å². The molecule has 0 unspecified atom stereocenters. The zero-order valence-corrected chi connectivity index (χ0v) is 15.2. The van der Waals surface area contributed by atoms with Crippen molar-refractivity contribution in [2.75, 3.05) is 31.2 Å². The Kier molecular flexibility index (Phi) is 4.86. The van der Waals surface area contributed by atoms with Gasteiger partial charge in [0.25, 0.3) is 0 Å². The number of rotatable bonds is 3. The number of carbonyl (C=O) groups is 1. The molecular formula is C17H20Cl2N4O2. The average molecular weight is 383 g/mol. The lowest BCUT2D eigenvalue weighted by molar-refractivity contribution is -0.123. The number of hydrogen-bond donors (Lipinski definition) is 2. The van der Waals surface area contributed by atoms with E-state index in [0.29, 0.717) is 34.7 Å². The summed E-state index contributed by atoms with van der Waals surface area (Å²) in [4.78, 5) is 22.9. The Morgan fingerprint density at radius 2 is 1.96 bits per heavy atom. The number of hydrogen-bond acceptors (Lipinski definition) is 4. The Bertz CT molecular complexity index is 743. The van der Waals surface area contributed by atoms with E-state index in [-0.39, 0.29) is 17.9 Å². The van der Waals surface area contributed by atoms with Gasteiger partial charge < -0.3 is 15.0 Å². The molecule has 1 atom stereocenters. The molecule has 2 aliphatic heterocycles. The third kappa shape index (κ3) is 3.36. The van der Waals surface area contributed by atoms with E-state index in [1.54, 1.807) is 17.0 Å². The summed E-state index contributed by atoms with van der Waals surface area (Å²) in [6.07, 6.45) is 2.51. The first-order valence-corrected chi connectivity index (χ1v) is 9.35. The second kappa shape index (κ2) is 7.11. The number of amides is 1. The van der Waals surface area contributed by atoms with Gasteiger partial charge in [0.1, 0.15) is 0 Å². The van der Waals surface area contributed by atoms with Crippen molar-refractivity contribution in [3.05, 3.63) is 22.2 Å². The van der Waals surface area contributed by atoms with Crippen LogP contribution in [0, 0.1) is 5.92 Å². The number of aromatic amines is 1. The van der Waals surface area contributed by atoms with Crippen LogP contribution in [-0.2, 0) is 9.53 Å². The normalized spacial score (nSPS) is 21.8. The predicted molar refractivity (Wildman–Crippen MR) is 98.4 cm³/mol. The van der Waals surface area contributed by atoms with Crippen LogP contribution in [0.2, 0.25) is 10.0 Å². The third-order valence-electron chi connectivity index (χ3n) is 4.94. The van der Waals surface area contributed by atoms with Crippen molar-refractivity contribution in [2.45, 2.75) is 25.3 Å². The summed E-state index contributed by atoms with van der Waals surface area (Å²) in [5.74, 6) is 0.683. The molecule has 0 radical (unpaired) electrons. The lowest BCUT2D eigenvalue weighted by atomic mass is 9.96. The second-order valence-corrected chi connectivity index (χ2v) is 7.41. The number of H-pyrrole nitrogens is 1. The second-order valence-electron chi connectivity index (χ2n) is 6.59. The number of nitrogens with zero attached hydrogens (tertiary/aromatic N) is 2. The Morgan fingerprint density at radius 3 is 2.68 bits per heavy atom. The van der Waals surface area contributed by atoms with Crippen LogP contribution in [0.3, 0.4) is 0 Å². The quantitative estimate of drug-likeness (QED) is 0.855. The molecule has 3 heterocycles. The predicted octanol–water partition coefficient (Wildman–Crippen LogP) is 2.99. The van der Waals surface area contributed by atoms with Crippen LogP contribution in [0.5, 0.6) is 0 Å². The molecule has 2 aromatic rings. The highest BCUT2D eigenvalue weighted by molar-refractivity contribution is 6.42. The number of carbonyl (C=O) groups excluding carboxylic acids is 1. The number of benzene rings is 1. The van der Waals surface area contributed by atoms with Crippen LogP contribution in [0.25, 0.3) is 11.0 Å². The Morgan fingerprint density at radius 1 is 1.20 bits per heavy atom. The van der Waals surface area contributed by atoms with Crippen molar-refractivity contribution < 1.29 is 9.53 Å². The molecule has 4 rings (SSSR count). The molecule has 1 aromatic carbocycles. The van der Waals surface area contributed by atoms with Crippen molar-refractivity contribution in [1.82, 2.24) is 15.3 Å². The molecule has 6 nitrogen and oxygen atoms in total. The first-order chi connectivity index (χ1) is 12.1. The molecule has 134 valence electrons. The molecule has 1 aromatic heterocycles. The lowest BCUT2D eigenvalue weighted by Crippen LogP contribution is -2.47. The van der Waals surface area contributed by atoms with Crippen molar-refractivity contribution in [2.24, 2.45) is 5.92 Å². The minimum absolute atomic E-state index is 0.00823. The third-order valence-corrected chi connectivity index (χ3v) is 5.66. The number of halogens is 2. The number of ether oxygens (including phenoxy) is 1. The SMILES string of the molecule is O=C(C1CCNCC1)N(c1nc2cc(Cl)c(Cl)cc2[nH]1)[C@@H]1CCOC1. The van der Waals surface area contributed by atoms with E-state index < -0.39 is 0 Å². The van der Waals surface area contributed by atoms with Gasteiger partial charge in [0.05, 0.1) is 33.7 Å². The van der Waals surface area contributed by atoms with Crippen LogP contribution in [-0.4, -0.2) is 48.2 Å². The van der Waals surface area contributed by atoms with Crippen LogP contribution >= 0.6 is 23.2 Å². The molecule has 0 saturated carbocycles. The van der Waals surface area contributed by atoms with Gasteiger partial charge in [-0.1, -0.05) is 23.2 Å². The molecule has 2 aliphatic rings. The molecule has 0 spiro atoms.